The van der Waals surface area contributed by atoms with Gasteiger partial charge in [0, 0.05) is 12.4 Å². The molecule has 1 aromatic heterocycles. The molecule has 0 bridgehead atoms. The van der Waals surface area contributed by atoms with Gasteiger partial charge in [0.15, 0.2) is 5.78 Å². The van der Waals surface area contributed by atoms with Gasteiger partial charge in [0.1, 0.15) is 5.54 Å². The standard InChI is InChI=1S/C8H10N2O/c1-7(11)8(2-3-8)10-5-4-9-6-10/h4-6H,2-3H2,1H3. The molecule has 0 saturated heterocycles. The van der Waals surface area contributed by atoms with Crippen LogP contribution in [0.1, 0.15) is 19.8 Å². The van der Waals surface area contributed by atoms with Crippen molar-refractivity contribution < 1.29 is 4.79 Å². The first-order chi connectivity index (χ1) is 5.26. The van der Waals surface area contributed by atoms with E-state index in [2.05, 4.69) is 4.98 Å². The maximum Gasteiger partial charge on any atom is 0.155 e. The zero-order valence-corrected chi connectivity index (χ0v) is 6.45. The highest BCUT2D eigenvalue weighted by molar-refractivity contribution is 5.87. The lowest BCUT2D eigenvalue weighted by Gasteiger charge is -2.11. The van der Waals surface area contributed by atoms with E-state index in [-0.39, 0.29) is 11.3 Å². The number of Topliss-reactive ketones (excluding diaryl/α,β-unsaturated/α-hetero) is 1. The number of carbonyl (C=O) groups is 1. The highest BCUT2D eigenvalue weighted by Gasteiger charge is 2.48. The summed E-state index contributed by atoms with van der Waals surface area (Å²) in [5.74, 6) is 0.246. The first-order valence-corrected chi connectivity index (χ1v) is 3.75. The van der Waals surface area contributed by atoms with Crippen LogP contribution in [-0.4, -0.2) is 15.3 Å². The molecule has 0 spiro atoms. The number of nitrogens with zero attached hydrogens (tertiary/aromatic N) is 2. The minimum atomic E-state index is -0.212. The molecule has 0 unspecified atom stereocenters. The number of rotatable bonds is 2. The Kier molecular flexibility index (Phi) is 1.16. The van der Waals surface area contributed by atoms with Crippen LogP contribution in [0, 0.1) is 0 Å². The van der Waals surface area contributed by atoms with Gasteiger partial charge in [-0.1, -0.05) is 0 Å². The summed E-state index contributed by atoms with van der Waals surface area (Å²) in [6.07, 6.45) is 7.23. The zero-order valence-electron chi connectivity index (χ0n) is 6.45. The molecule has 0 radical (unpaired) electrons. The minimum Gasteiger partial charge on any atom is -0.324 e. The van der Waals surface area contributed by atoms with Crippen molar-refractivity contribution in [3.63, 3.8) is 0 Å². The summed E-state index contributed by atoms with van der Waals surface area (Å²) in [5.41, 5.74) is -0.212. The molecule has 1 aromatic rings. The number of imidazole rings is 1. The Balaban J connectivity index is 2.36. The van der Waals surface area contributed by atoms with Crippen molar-refractivity contribution in [1.82, 2.24) is 9.55 Å². The average molecular weight is 150 g/mol. The highest BCUT2D eigenvalue weighted by Crippen LogP contribution is 2.43. The van der Waals surface area contributed by atoms with E-state index in [1.165, 1.54) is 0 Å². The van der Waals surface area contributed by atoms with Crippen LogP contribution in [0.5, 0.6) is 0 Å². The maximum absolute atomic E-state index is 11.2. The largest absolute Gasteiger partial charge is 0.324 e. The maximum atomic E-state index is 11.2. The number of hydrogen-bond donors (Lipinski definition) is 0. The van der Waals surface area contributed by atoms with E-state index in [9.17, 15) is 4.79 Å². The fraction of sp³-hybridized carbons (Fsp3) is 0.500. The lowest BCUT2D eigenvalue weighted by molar-refractivity contribution is -0.121. The summed E-state index contributed by atoms with van der Waals surface area (Å²) < 4.78 is 1.91. The normalized spacial score (nSPS) is 19.7. The van der Waals surface area contributed by atoms with Gasteiger partial charge in [-0.15, -0.1) is 0 Å². The first kappa shape index (κ1) is 6.58. The van der Waals surface area contributed by atoms with Crippen molar-refractivity contribution in [3.05, 3.63) is 18.7 Å². The van der Waals surface area contributed by atoms with Crippen molar-refractivity contribution in [2.45, 2.75) is 25.3 Å². The Morgan fingerprint density at radius 2 is 2.36 bits per heavy atom. The Labute approximate surface area is 65.1 Å². The van der Waals surface area contributed by atoms with Crippen LogP contribution >= 0.6 is 0 Å². The third kappa shape index (κ3) is 0.803. The fourth-order valence-corrected chi connectivity index (χ4v) is 1.42. The number of aromatic nitrogens is 2. The molecule has 0 aliphatic heterocycles. The van der Waals surface area contributed by atoms with Crippen LogP contribution < -0.4 is 0 Å². The van der Waals surface area contributed by atoms with Crippen molar-refractivity contribution in [2.24, 2.45) is 0 Å². The Morgan fingerprint density at radius 3 is 2.73 bits per heavy atom. The molecule has 1 aliphatic carbocycles. The topological polar surface area (TPSA) is 34.9 Å². The summed E-state index contributed by atoms with van der Waals surface area (Å²) in [4.78, 5) is 15.1. The lowest BCUT2D eigenvalue weighted by atomic mass is 10.2. The van der Waals surface area contributed by atoms with Gasteiger partial charge in [-0.05, 0) is 19.8 Å². The van der Waals surface area contributed by atoms with Crippen LogP contribution in [0.25, 0.3) is 0 Å². The van der Waals surface area contributed by atoms with Gasteiger partial charge in [0.05, 0.1) is 6.33 Å². The summed E-state index contributed by atoms with van der Waals surface area (Å²) in [6.45, 7) is 1.65. The molecule has 58 valence electrons. The van der Waals surface area contributed by atoms with Crippen LogP contribution in [0.3, 0.4) is 0 Å². The molecule has 11 heavy (non-hydrogen) atoms. The summed E-state index contributed by atoms with van der Waals surface area (Å²) in [6, 6.07) is 0. The molecule has 1 heterocycles. The first-order valence-electron chi connectivity index (χ1n) is 3.75. The van der Waals surface area contributed by atoms with Gasteiger partial charge >= 0.3 is 0 Å². The molecule has 1 fully saturated rings. The number of hydrogen-bond acceptors (Lipinski definition) is 2. The molecule has 0 amide bonds. The van der Waals surface area contributed by atoms with Crippen molar-refractivity contribution in [3.8, 4) is 0 Å². The average Bonchev–Trinajstić information content (AvgIpc) is 2.61. The molecular weight excluding hydrogens is 140 g/mol. The predicted molar refractivity (Wildman–Crippen MR) is 40.1 cm³/mol. The van der Waals surface area contributed by atoms with Gasteiger partial charge in [-0.3, -0.25) is 4.79 Å². The smallest absolute Gasteiger partial charge is 0.155 e. The Hall–Kier alpha value is -1.12. The second kappa shape index (κ2) is 1.94. The SMILES string of the molecule is CC(=O)C1(n2ccnc2)CC1. The minimum absolute atomic E-state index is 0.212. The van der Waals surface area contributed by atoms with Crippen molar-refractivity contribution >= 4 is 5.78 Å². The summed E-state index contributed by atoms with van der Waals surface area (Å²) in [5, 5.41) is 0. The Morgan fingerprint density at radius 1 is 1.64 bits per heavy atom. The van der Waals surface area contributed by atoms with Crippen molar-refractivity contribution in [1.29, 1.82) is 0 Å². The molecular formula is C8H10N2O. The van der Waals surface area contributed by atoms with Crippen molar-refractivity contribution in [2.75, 3.05) is 0 Å². The number of carbonyl (C=O) groups excluding carboxylic acids is 1. The van der Waals surface area contributed by atoms with Gasteiger partial charge in [0.25, 0.3) is 0 Å². The van der Waals surface area contributed by atoms with E-state index in [0.29, 0.717) is 0 Å². The quantitative estimate of drug-likeness (QED) is 0.629. The van der Waals surface area contributed by atoms with E-state index >= 15 is 0 Å². The van der Waals surface area contributed by atoms with Gasteiger partial charge in [-0.25, -0.2) is 4.98 Å². The third-order valence-electron chi connectivity index (χ3n) is 2.38. The second-order valence-electron chi connectivity index (χ2n) is 3.06. The molecule has 1 aliphatic rings. The predicted octanol–water partition coefficient (Wildman–Crippen LogP) is 0.961. The summed E-state index contributed by atoms with van der Waals surface area (Å²) >= 11 is 0. The fourth-order valence-electron chi connectivity index (χ4n) is 1.42. The van der Waals surface area contributed by atoms with E-state index in [4.69, 9.17) is 0 Å². The van der Waals surface area contributed by atoms with Gasteiger partial charge in [0.2, 0.25) is 0 Å². The van der Waals surface area contributed by atoms with Crippen LogP contribution in [-0.2, 0) is 10.3 Å². The van der Waals surface area contributed by atoms with E-state index in [0.717, 1.165) is 12.8 Å². The molecule has 3 nitrogen and oxygen atoms in total. The highest BCUT2D eigenvalue weighted by atomic mass is 16.1. The van der Waals surface area contributed by atoms with Crippen LogP contribution in [0.2, 0.25) is 0 Å². The van der Waals surface area contributed by atoms with Gasteiger partial charge < -0.3 is 4.57 Å². The van der Waals surface area contributed by atoms with E-state index < -0.39 is 0 Å². The molecule has 2 rings (SSSR count). The van der Waals surface area contributed by atoms with E-state index in [1.54, 1.807) is 19.4 Å². The van der Waals surface area contributed by atoms with Crippen LogP contribution in [0.15, 0.2) is 18.7 Å². The molecule has 0 aromatic carbocycles. The van der Waals surface area contributed by atoms with Crippen LogP contribution in [0.4, 0.5) is 0 Å². The lowest BCUT2D eigenvalue weighted by Crippen LogP contribution is -2.23. The van der Waals surface area contributed by atoms with E-state index in [1.807, 2.05) is 10.8 Å². The molecule has 1 saturated carbocycles. The van der Waals surface area contributed by atoms with Gasteiger partial charge in [-0.2, -0.15) is 0 Å². The monoisotopic (exact) mass is 150 g/mol. The molecule has 0 N–H and O–H groups in total. The number of ketones is 1. The third-order valence-corrected chi connectivity index (χ3v) is 2.38. The zero-order chi connectivity index (χ0) is 7.90. The Bertz CT molecular complexity index is 272. The molecule has 0 atom stereocenters. The molecule has 3 heteroatoms. The second-order valence-corrected chi connectivity index (χ2v) is 3.06. The summed E-state index contributed by atoms with van der Waals surface area (Å²) in [7, 11) is 0.